The molecule has 1 fully saturated rings. The van der Waals surface area contributed by atoms with Gasteiger partial charge >= 0.3 is 6.18 Å². The largest absolute Gasteiger partial charge is 0.434 e. The Labute approximate surface area is 181 Å². The number of thiazole rings is 1. The number of alkyl halides is 3. The highest BCUT2D eigenvalue weighted by atomic mass is 127. The van der Waals surface area contributed by atoms with Gasteiger partial charge < -0.3 is 10.6 Å². The number of nitrogens with zero attached hydrogens (tertiary/aromatic N) is 2. The van der Waals surface area contributed by atoms with Crippen molar-refractivity contribution >= 4 is 41.3 Å². The third-order valence-corrected chi connectivity index (χ3v) is 5.51. The van der Waals surface area contributed by atoms with E-state index < -0.39 is 11.9 Å². The first kappa shape index (κ1) is 22.9. The van der Waals surface area contributed by atoms with Gasteiger partial charge in [0.25, 0.3) is 0 Å². The zero-order valence-electron chi connectivity index (χ0n) is 15.1. The lowest BCUT2D eigenvalue weighted by Crippen LogP contribution is -2.42. The standard InChI is InChI=1S/C18H20F4N4S.HI/c1-23-16(24-9-6-15-26-14(10-27-15)18(20,21)22)25-11-17(7-8-17)12-2-4-13(19)5-3-12;/h2-5,10H,6-9,11H2,1H3,(H2,23,24,25);1H. The first-order valence-corrected chi connectivity index (χ1v) is 9.42. The topological polar surface area (TPSA) is 49.3 Å². The van der Waals surface area contributed by atoms with E-state index in [2.05, 4.69) is 20.6 Å². The van der Waals surface area contributed by atoms with Crippen LogP contribution in [-0.4, -0.2) is 31.1 Å². The van der Waals surface area contributed by atoms with E-state index in [4.69, 9.17) is 0 Å². The fraction of sp³-hybridized carbons (Fsp3) is 0.444. The number of benzene rings is 1. The van der Waals surface area contributed by atoms with Crippen LogP contribution in [0.2, 0.25) is 0 Å². The summed E-state index contributed by atoms with van der Waals surface area (Å²) in [5, 5.41) is 7.80. The van der Waals surface area contributed by atoms with E-state index in [-0.39, 0.29) is 35.2 Å². The molecule has 0 aliphatic heterocycles. The van der Waals surface area contributed by atoms with Crippen LogP contribution in [0.3, 0.4) is 0 Å². The Kier molecular flexibility index (Phi) is 7.66. The van der Waals surface area contributed by atoms with Crippen LogP contribution in [0, 0.1) is 5.82 Å². The van der Waals surface area contributed by atoms with E-state index in [0.29, 0.717) is 30.5 Å². The zero-order valence-corrected chi connectivity index (χ0v) is 18.3. The average molecular weight is 528 g/mol. The molecule has 1 saturated carbocycles. The third kappa shape index (κ3) is 5.79. The molecule has 0 amide bonds. The lowest BCUT2D eigenvalue weighted by Gasteiger charge is -2.19. The van der Waals surface area contributed by atoms with Gasteiger partial charge in [-0.05, 0) is 30.5 Å². The molecule has 28 heavy (non-hydrogen) atoms. The van der Waals surface area contributed by atoms with E-state index in [9.17, 15) is 17.6 Å². The van der Waals surface area contributed by atoms with Crippen LogP contribution in [0.4, 0.5) is 17.6 Å². The van der Waals surface area contributed by atoms with Crippen LogP contribution >= 0.6 is 35.3 Å². The highest BCUT2D eigenvalue weighted by molar-refractivity contribution is 14.0. The monoisotopic (exact) mass is 528 g/mol. The minimum absolute atomic E-state index is 0. The van der Waals surface area contributed by atoms with Crippen LogP contribution in [0.5, 0.6) is 0 Å². The molecule has 0 bridgehead atoms. The predicted molar refractivity (Wildman–Crippen MR) is 113 cm³/mol. The minimum Gasteiger partial charge on any atom is -0.356 e. The van der Waals surface area contributed by atoms with Crippen molar-refractivity contribution in [3.63, 3.8) is 0 Å². The molecule has 1 aliphatic carbocycles. The van der Waals surface area contributed by atoms with Crippen LogP contribution in [0.15, 0.2) is 34.6 Å². The molecule has 2 aromatic rings. The van der Waals surface area contributed by atoms with Crippen molar-refractivity contribution in [3.8, 4) is 0 Å². The lowest BCUT2D eigenvalue weighted by atomic mass is 9.96. The number of guanidine groups is 1. The van der Waals surface area contributed by atoms with E-state index in [1.54, 1.807) is 19.2 Å². The summed E-state index contributed by atoms with van der Waals surface area (Å²) in [6.45, 7) is 1.09. The third-order valence-electron chi connectivity index (χ3n) is 4.60. The maximum atomic E-state index is 13.1. The molecule has 0 radical (unpaired) electrons. The van der Waals surface area contributed by atoms with E-state index >= 15 is 0 Å². The molecule has 1 aliphatic rings. The van der Waals surface area contributed by atoms with Gasteiger partial charge in [-0.1, -0.05) is 12.1 Å². The van der Waals surface area contributed by atoms with Gasteiger partial charge in [-0.15, -0.1) is 35.3 Å². The Balaban J connectivity index is 0.00000280. The summed E-state index contributed by atoms with van der Waals surface area (Å²) in [5.41, 5.74) is 0.233. The molecular formula is C18H21F4IN4S. The number of rotatable bonds is 6. The second-order valence-corrected chi connectivity index (χ2v) is 7.46. The zero-order chi connectivity index (χ0) is 19.5. The lowest BCUT2D eigenvalue weighted by molar-refractivity contribution is -0.140. The molecule has 0 spiro atoms. The highest BCUT2D eigenvalue weighted by Crippen LogP contribution is 2.47. The molecule has 0 unspecified atom stereocenters. The van der Waals surface area contributed by atoms with Crippen molar-refractivity contribution in [2.75, 3.05) is 20.1 Å². The Morgan fingerprint density at radius 3 is 2.43 bits per heavy atom. The maximum Gasteiger partial charge on any atom is 0.434 e. The molecule has 154 valence electrons. The SMILES string of the molecule is CN=C(NCCc1nc(C(F)(F)F)cs1)NCC1(c2ccc(F)cc2)CC1.I. The molecule has 4 nitrogen and oxygen atoms in total. The van der Waals surface area contributed by atoms with Crippen molar-refractivity contribution in [2.24, 2.45) is 4.99 Å². The molecular weight excluding hydrogens is 507 g/mol. The summed E-state index contributed by atoms with van der Waals surface area (Å²) in [4.78, 5) is 7.75. The van der Waals surface area contributed by atoms with Crippen molar-refractivity contribution in [1.82, 2.24) is 15.6 Å². The van der Waals surface area contributed by atoms with Crippen LogP contribution in [-0.2, 0) is 18.0 Å². The molecule has 10 heteroatoms. The Morgan fingerprint density at radius 1 is 1.21 bits per heavy atom. The Hall–Kier alpha value is -1.43. The second kappa shape index (κ2) is 9.38. The summed E-state index contributed by atoms with van der Waals surface area (Å²) in [6.07, 6.45) is -1.99. The van der Waals surface area contributed by atoms with Crippen LogP contribution < -0.4 is 10.6 Å². The number of aromatic nitrogens is 1. The summed E-state index contributed by atoms with van der Waals surface area (Å²) in [5.74, 6) is 0.326. The smallest absolute Gasteiger partial charge is 0.356 e. The van der Waals surface area contributed by atoms with E-state index in [1.165, 1.54) is 12.1 Å². The van der Waals surface area contributed by atoms with Gasteiger partial charge in [0.1, 0.15) is 5.82 Å². The fourth-order valence-corrected chi connectivity index (χ4v) is 3.64. The number of hydrogen-bond acceptors (Lipinski definition) is 3. The van der Waals surface area contributed by atoms with Gasteiger partial charge in [-0.25, -0.2) is 9.37 Å². The van der Waals surface area contributed by atoms with Crippen LogP contribution in [0.1, 0.15) is 29.1 Å². The minimum atomic E-state index is -4.40. The Morgan fingerprint density at radius 2 is 1.89 bits per heavy atom. The van der Waals surface area contributed by atoms with Crippen LogP contribution in [0.25, 0.3) is 0 Å². The molecule has 1 aromatic carbocycles. The van der Waals surface area contributed by atoms with E-state index in [1.807, 2.05) is 0 Å². The van der Waals surface area contributed by atoms with Gasteiger partial charge in [-0.2, -0.15) is 13.2 Å². The van der Waals surface area contributed by atoms with Gasteiger partial charge in [0.15, 0.2) is 11.7 Å². The summed E-state index contributed by atoms with van der Waals surface area (Å²) >= 11 is 1.000. The van der Waals surface area contributed by atoms with Crippen molar-refractivity contribution < 1.29 is 17.6 Å². The first-order valence-electron chi connectivity index (χ1n) is 8.55. The molecule has 1 aromatic heterocycles. The second-order valence-electron chi connectivity index (χ2n) is 6.51. The highest BCUT2D eigenvalue weighted by Gasteiger charge is 2.44. The predicted octanol–water partition coefficient (Wildman–Crippen LogP) is 4.36. The molecule has 2 N–H and O–H groups in total. The first-order chi connectivity index (χ1) is 12.8. The quantitative estimate of drug-likeness (QED) is 0.254. The summed E-state index contributed by atoms with van der Waals surface area (Å²) in [6, 6.07) is 6.54. The van der Waals surface area contributed by atoms with Gasteiger partial charge in [0, 0.05) is 37.4 Å². The van der Waals surface area contributed by atoms with Gasteiger partial charge in [0.05, 0.1) is 5.01 Å². The number of aliphatic imine (C=N–C) groups is 1. The average Bonchev–Trinajstić information content (AvgIpc) is 3.25. The van der Waals surface area contributed by atoms with Crippen molar-refractivity contribution in [2.45, 2.75) is 30.9 Å². The van der Waals surface area contributed by atoms with Gasteiger partial charge in [-0.3, -0.25) is 4.99 Å². The maximum absolute atomic E-state index is 13.1. The summed E-state index contributed by atoms with van der Waals surface area (Å²) < 4.78 is 50.8. The number of nitrogens with one attached hydrogen (secondary N) is 2. The van der Waals surface area contributed by atoms with Crippen molar-refractivity contribution in [3.05, 3.63) is 51.7 Å². The molecule has 0 saturated heterocycles. The van der Waals surface area contributed by atoms with Crippen molar-refractivity contribution in [1.29, 1.82) is 0 Å². The number of halogens is 5. The van der Waals surface area contributed by atoms with Gasteiger partial charge in [0.2, 0.25) is 0 Å². The fourth-order valence-electron chi connectivity index (χ4n) is 2.84. The normalized spacial score (nSPS) is 15.7. The summed E-state index contributed by atoms with van der Waals surface area (Å²) in [7, 11) is 1.64. The molecule has 0 atom stereocenters. The molecule has 1 heterocycles. The van der Waals surface area contributed by atoms with E-state index in [0.717, 1.165) is 35.1 Å². The molecule has 3 rings (SSSR count). The number of hydrogen-bond donors (Lipinski definition) is 2. The Bertz CT molecular complexity index is 801.